The van der Waals surface area contributed by atoms with Gasteiger partial charge in [0.1, 0.15) is 0 Å². The molecule has 1 aromatic heterocycles. The van der Waals surface area contributed by atoms with Crippen molar-refractivity contribution in [1.82, 2.24) is 15.1 Å². The first-order valence-electron chi connectivity index (χ1n) is 5.97. The van der Waals surface area contributed by atoms with Crippen LogP contribution in [0.3, 0.4) is 0 Å². The number of nitrogens with one attached hydrogen (secondary N) is 1. The van der Waals surface area contributed by atoms with E-state index in [0.717, 1.165) is 6.54 Å². The number of aryl methyl sites for hydroxylation is 2. The molecule has 1 spiro atoms. The summed E-state index contributed by atoms with van der Waals surface area (Å²) < 4.78 is 2.07. The lowest BCUT2D eigenvalue weighted by atomic mass is 9.71. The number of aromatic nitrogens is 2. The maximum atomic E-state index is 4.66. The topological polar surface area (TPSA) is 29.9 Å². The second-order valence-corrected chi connectivity index (χ2v) is 5.09. The Labute approximate surface area is 90.9 Å². The summed E-state index contributed by atoms with van der Waals surface area (Å²) in [4.78, 5) is 0. The third-order valence-electron chi connectivity index (χ3n) is 4.25. The molecule has 1 saturated heterocycles. The average molecular weight is 205 g/mol. The van der Waals surface area contributed by atoms with E-state index in [1.54, 1.807) is 5.56 Å². The molecule has 1 aliphatic heterocycles. The van der Waals surface area contributed by atoms with E-state index in [-0.39, 0.29) is 0 Å². The first-order valence-corrected chi connectivity index (χ1v) is 5.97. The van der Waals surface area contributed by atoms with Crippen LogP contribution in [0, 0.1) is 6.92 Å². The molecule has 0 saturated carbocycles. The van der Waals surface area contributed by atoms with E-state index < -0.39 is 0 Å². The van der Waals surface area contributed by atoms with Crippen LogP contribution < -0.4 is 5.32 Å². The van der Waals surface area contributed by atoms with Crippen LogP contribution in [0.25, 0.3) is 0 Å². The van der Waals surface area contributed by atoms with Crippen LogP contribution in [0.1, 0.15) is 36.2 Å². The van der Waals surface area contributed by atoms with Gasteiger partial charge in [0.05, 0.1) is 5.69 Å². The smallest absolute Gasteiger partial charge is 0.0665 e. The second-order valence-electron chi connectivity index (χ2n) is 5.09. The zero-order chi connectivity index (χ0) is 10.5. The van der Waals surface area contributed by atoms with Crippen LogP contribution >= 0.6 is 0 Å². The highest BCUT2D eigenvalue weighted by atomic mass is 15.3. The molecule has 1 fully saturated rings. The van der Waals surface area contributed by atoms with Crippen LogP contribution in [-0.4, -0.2) is 22.9 Å². The molecule has 82 valence electrons. The molecule has 0 bridgehead atoms. The molecule has 1 aromatic rings. The van der Waals surface area contributed by atoms with Crippen LogP contribution in [0.5, 0.6) is 0 Å². The van der Waals surface area contributed by atoms with Gasteiger partial charge in [-0.15, -0.1) is 0 Å². The largest absolute Gasteiger partial charge is 0.316 e. The second kappa shape index (κ2) is 3.08. The van der Waals surface area contributed by atoms with E-state index in [1.165, 1.54) is 43.6 Å². The molecule has 3 rings (SSSR count). The zero-order valence-corrected chi connectivity index (χ0v) is 9.64. The Kier molecular flexibility index (Phi) is 1.93. The highest BCUT2D eigenvalue weighted by Crippen LogP contribution is 2.42. The van der Waals surface area contributed by atoms with Gasteiger partial charge in [0.2, 0.25) is 0 Å². The summed E-state index contributed by atoms with van der Waals surface area (Å²) in [5.41, 5.74) is 4.74. The first-order chi connectivity index (χ1) is 7.23. The lowest BCUT2D eigenvalue weighted by Gasteiger charge is -2.33. The minimum Gasteiger partial charge on any atom is -0.316 e. The molecule has 2 heterocycles. The average Bonchev–Trinajstić information content (AvgIpc) is 2.76. The number of rotatable bonds is 0. The van der Waals surface area contributed by atoms with Crippen LogP contribution in [0.2, 0.25) is 0 Å². The fourth-order valence-corrected chi connectivity index (χ4v) is 3.43. The monoisotopic (exact) mass is 205 g/mol. The normalized spacial score (nSPS) is 29.7. The summed E-state index contributed by atoms with van der Waals surface area (Å²) >= 11 is 0. The molecule has 3 heteroatoms. The Bertz CT molecular complexity index is 386. The summed E-state index contributed by atoms with van der Waals surface area (Å²) in [7, 11) is 2.07. The van der Waals surface area contributed by atoms with Gasteiger partial charge in [0.15, 0.2) is 0 Å². The van der Waals surface area contributed by atoms with Gasteiger partial charge in [-0.25, -0.2) is 0 Å². The maximum Gasteiger partial charge on any atom is 0.0665 e. The van der Waals surface area contributed by atoms with Crippen molar-refractivity contribution >= 4 is 0 Å². The van der Waals surface area contributed by atoms with Gasteiger partial charge in [0, 0.05) is 30.3 Å². The lowest BCUT2D eigenvalue weighted by Crippen LogP contribution is -2.33. The van der Waals surface area contributed by atoms with Gasteiger partial charge in [-0.05, 0) is 39.2 Å². The number of hydrogen-bond donors (Lipinski definition) is 1. The predicted octanol–water partition coefficient (Wildman–Crippen LogP) is 1.30. The molecule has 2 aliphatic rings. The fraction of sp³-hybridized carbons (Fsp3) is 0.750. The SMILES string of the molecule is Cc1c2c(nn1C)CCCC21CCNC1. The molecule has 1 aliphatic carbocycles. The maximum absolute atomic E-state index is 4.66. The van der Waals surface area contributed by atoms with E-state index in [1.807, 2.05) is 0 Å². The molecule has 0 radical (unpaired) electrons. The van der Waals surface area contributed by atoms with Gasteiger partial charge in [0.25, 0.3) is 0 Å². The summed E-state index contributed by atoms with van der Waals surface area (Å²) in [5.74, 6) is 0. The fourth-order valence-electron chi connectivity index (χ4n) is 3.43. The molecule has 0 aromatic carbocycles. The summed E-state index contributed by atoms with van der Waals surface area (Å²) in [6.45, 7) is 4.55. The summed E-state index contributed by atoms with van der Waals surface area (Å²) in [5, 5.41) is 8.18. The van der Waals surface area contributed by atoms with Crippen molar-refractivity contribution in [2.45, 2.75) is 38.0 Å². The van der Waals surface area contributed by atoms with Crippen LogP contribution in [-0.2, 0) is 18.9 Å². The minimum atomic E-state index is 0.423. The molecule has 1 atom stereocenters. The lowest BCUT2D eigenvalue weighted by molar-refractivity contribution is 0.390. The minimum absolute atomic E-state index is 0.423. The molecule has 1 unspecified atom stereocenters. The van der Waals surface area contributed by atoms with E-state index in [2.05, 4.69) is 29.1 Å². The van der Waals surface area contributed by atoms with Crippen LogP contribution in [0.4, 0.5) is 0 Å². The molecule has 0 amide bonds. The van der Waals surface area contributed by atoms with Crippen molar-refractivity contribution < 1.29 is 0 Å². The van der Waals surface area contributed by atoms with E-state index in [4.69, 9.17) is 0 Å². The van der Waals surface area contributed by atoms with E-state index in [9.17, 15) is 0 Å². The van der Waals surface area contributed by atoms with Crippen LogP contribution in [0.15, 0.2) is 0 Å². The molecule has 15 heavy (non-hydrogen) atoms. The Balaban J connectivity index is 2.16. The summed E-state index contributed by atoms with van der Waals surface area (Å²) in [6, 6.07) is 0. The number of nitrogens with zero attached hydrogens (tertiary/aromatic N) is 2. The van der Waals surface area contributed by atoms with E-state index >= 15 is 0 Å². The Morgan fingerprint density at radius 3 is 3.00 bits per heavy atom. The predicted molar refractivity (Wildman–Crippen MR) is 60.0 cm³/mol. The quantitative estimate of drug-likeness (QED) is 0.692. The summed E-state index contributed by atoms with van der Waals surface area (Å²) in [6.07, 6.45) is 5.13. The van der Waals surface area contributed by atoms with Gasteiger partial charge < -0.3 is 5.32 Å². The van der Waals surface area contributed by atoms with Gasteiger partial charge in [-0.1, -0.05) is 0 Å². The van der Waals surface area contributed by atoms with Crippen molar-refractivity contribution in [3.05, 3.63) is 17.0 Å². The standard InChI is InChI=1S/C12H19N3/c1-9-11-10(14-15(9)2)4-3-5-12(11)6-7-13-8-12/h13H,3-8H2,1-2H3. The Hall–Kier alpha value is -0.830. The highest BCUT2D eigenvalue weighted by molar-refractivity contribution is 5.38. The van der Waals surface area contributed by atoms with Gasteiger partial charge in [-0.2, -0.15) is 5.10 Å². The van der Waals surface area contributed by atoms with Gasteiger partial charge >= 0.3 is 0 Å². The van der Waals surface area contributed by atoms with Crippen molar-refractivity contribution in [2.24, 2.45) is 7.05 Å². The highest BCUT2D eigenvalue weighted by Gasteiger charge is 2.41. The third kappa shape index (κ3) is 1.19. The Morgan fingerprint density at radius 1 is 1.40 bits per heavy atom. The Morgan fingerprint density at radius 2 is 2.27 bits per heavy atom. The van der Waals surface area contributed by atoms with Crippen molar-refractivity contribution in [2.75, 3.05) is 13.1 Å². The third-order valence-corrected chi connectivity index (χ3v) is 4.25. The molecular weight excluding hydrogens is 186 g/mol. The zero-order valence-electron chi connectivity index (χ0n) is 9.64. The van der Waals surface area contributed by atoms with Crippen molar-refractivity contribution in [3.63, 3.8) is 0 Å². The number of hydrogen-bond acceptors (Lipinski definition) is 2. The number of fused-ring (bicyclic) bond motifs is 2. The van der Waals surface area contributed by atoms with Crippen molar-refractivity contribution in [1.29, 1.82) is 0 Å². The molecule has 1 N–H and O–H groups in total. The van der Waals surface area contributed by atoms with Crippen molar-refractivity contribution in [3.8, 4) is 0 Å². The van der Waals surface area contributed by atoms with Gasteiger partial charge in [-0.3, -0.25) is 4.68 Å². The molecular formula is C12H19N3. The molecule has 3 nitrogen and oxygen atoms in total. The first kappa shape index (κ1) is 9.40. The van der Waals surface area contributed by atoms with E-state index in [0.29, 0.717) is 5.41 Å².